The number of nitrogens with zero attached hydrogens (tertiary/aromatic N) is 1. The summed E-state index contributed by atoms with van der Waals surface area (Å²) in [5, 5.41) is 2.92. The number of carbonyl (C=O) groups is 2. The van der Waals surface area contributed by atoms with Crippen molar-refractivity contribution in [2.75, 3.05) is 20.1 Å². The predicted molar refractivity (Wildman–Crippen MR) is 65.2 cm³/mol. The summed E-state index contributed by atoms with van der Waals surface area (Å²) in [6.45, 7) is 8.61. The van der Waals surface area contributed by atoms with Crippen LogP contribution >= 0.6 is 0 Å². The first-order valence-electron chi connectivity index (χ1n) is 5.57. The monoisotopic (exact) mass is 226 g/mol. The molecule has 0 aliphatic rings. The van der Waals surface area contributed by atoms with E-state index >= 15 is 0 Å². The van der Waals surface area contributed by atoms with E-state index in [-0.39, 0.29) is 5.78 Å². The number of carbonyl (C=O) groups excluding carboxylic acids is 2. The van der Waals surface area contributed by atoms with Crippen LogP contribution < -0.4 is 5.32 Å². The van der Waals surface area contributed by atoms with Crippen LogP contribution in [0.4, 0.5) is 0 Å². The van der Waals surface area contributed by atoms with E-state index in [4.69, 9.17) is 0 Å². The summed E-state index contributed by atoms with van der Waals surface area (Å²) in [5.74, 6) is -0.0597. The smallest absolute Gasteiger partial charge is 0.166 e. The fraction of sp³-hybridized carbons (Fsp3) is 0.667. The standard InChI is InChI=1S/C12H22N2O2/c1-6-13-12(8-15)11(10(4)16)7-14(5)9(2)3/h8-9,13H,6-7H2,1-5H3. The van der Waals surface area contributed by atoms with Gasteiger partial charge in [0.1, 0.15) is 0 Å². The summed E-state index contributed by atoms with van der Waals surface area (Å²) < 4.78 is 0. The first kappa shape index (κ1) is 14.8. The van der Waals surface area contributed by atoms with Crippen LogP contribution in [0.1, 0.15) is 27.7 Å². The molecule has 0 radical (unpaired) electrons. The lowest BCUT2D eigenvalue weighted by Gasteiger charge is -2.22. The molecule has 0 spiro atoms. The zero-order valence-corrected chi connectivity index (χ0v) is 10.8. The molecule has 1 N–H and O–H groups in total. The van der Waals surface area contributed by atoms with Gasteiger partial charge in [-0.1, -0.05) is 0 Å². The number of hydrogen-bond donors (Lipinski definition) is 1. The van der Waals surface area contributed by atoms with Crippen LogP contribution in [-0.4, -0.2) is 43.1 Å². The summed E-state index contributed by atoms with van der Waals surface area (Å²) in [6, 6.07) is 0.337. The fourth-order valence-corrected chi connectivity index (χ4v) is 1.23. The topological polar surface area (TPSA) is 49.4 Å². The molecule has 0 amide bonds. The average Bonchev–Trinajstić information content (AvgIpc) is 2.22. The van der Waals surface area contributed by atoms with E-state index in [9.17, 15) is 9.59 Å². The number of hydrogen-bond acceptors (Lipinski definition) is 4. The molecule has 0 aromatic carbocycles. The highest BCUT2D eigenvalue weighted by atomic mass is 16.1. The zero-order valence-electron chi connectivity index (χ0n) is 10.8. The van der Waals surface area contributed by atoms with Crippen LogP contribution in [0.25, 0.3) is 0 Å². The molecule has 0 aliphatic carbocycles. The van der Waals surface area contributed by atoms with Crippen molar-refractivity contribution in [3.05, 3.63) is 11.3 Å². The molecule has 0 saturated carbocycles. The number of allylic oxidation sites excluding steroid dienone is 1. The first-order valence-corrected chi connectivity index (χ1v) is 5.57. The molecule has 0 bridgehead atoms. The molecular weight excluding hydrogens is 204 g/mol. The lowest BCUT2D eigenvalue weighted by molar-refractivity contribution is -0.114. The van der Waals surface area contributed by atoms with E-state index < -0.39 is 0 Å². The lowest BCUT2D eigenvalue weighted by atomic mass is 10.1. The van der Waals surface area contributed by atoms with E-state index in [1.807, 2.05) is 32.7 Å². The summed E-state index contributed by atoms with van der Waals surface area (Å²) in [7, 11) is 1.93. The maximum atomic E-state index is 11.5. The highest BCUT2D eigenvalue weighted by Crippen LogP contribution is 2.06. The second kappa shape index (κ2) is 7.17. The van der Waals surface area contributed by atoms with Crippen molar-refractivity contribution >= 4 is 12.1 Å². The zero-order chi connectivity index (χ0) is 12.7. The average molecular weight is 226 g/mol. The van der Waals surface area contributed by atoms with Crippen molar-refractivity contribution in [1.29, 1.82) is 0 Å². The number of aldehydes is 1. The molecule has 92 valence electrons. The maximum Gasteiger partial charge on any atom is 0.166 e. The van der Waals surface area contributed by atoms with E-state index in [0.717, 1.165) is 0 Å². The van der Waals surface area contributed by atoms with Gasteiger partial charge in [-0.3, -0.25) is 14.5 Å². The van der Waals surface area contributed by atoms with Crippen molar-refractivity contribution in [2.24, 2.45) is 0 Å². The van der Waals surface area contributed by atoms with Gasteiger partial charge in [-0.25, -0.2) is 0 Å². The highest BCUT2D eigenvalue weighted by molar-refractivity contribution is 5.99. The number of nitrogens with one attached hydrogen (secondary N) is 1. The molecule has 16 heavy (non-hydrogen) atoms. The van der Waals surface area contributed by atoms with E-state index in [1.165, 1.54) is 6.92 Å². The molecule has 4 heteroatoms. The third kappa shape index (κ3) is 4.57. The lowest BCUT2D eigenvalue weighted by Crippen LogP contribution is -2.32. The molecular formula is C12H22N2O2. The minimum atomic E-state index is -0.0597. The van der Waals surface area contributed by atoms with Gasteiger partial charge in [0.15, 0.2) is 12.1 Å². The molecule has 0 rings (SSSR count). The molecule has 0 atom stereocenters. The Bertz CT molecular complexity index is 283. The Morgan fingerprint density at radius 3 is 2.31 bits per heavy atom. The van der Waals surface area contributed by atoms with Crippen molar-refractivity contribution in [3.63, 3.8) is 0 Å². The van der Waals surface area contributed by atoms with Crippen molar-refractivity contribution < 1.29 is 9.59 Å². The van der Waals surface area contributed by atoms with Crippen molar-refractivity contribution in [3.8, 4) is 0 Å². The molecule has 0 fully saturated rings. The summed E-state index contributed by atoms with van der Waals surface area (Å²) in [6.07, 6.45) is 0.717. The third-order valence-electron chi connectivity index (χ3n) is 2.52. The Balaban J connectivity index is 4.97. The van der Waals surface area contributed by atoms with Crippen LogP contribution in [0, 0.1) is 0 Å². The highest BCUT2D eigenvalue weighted by Gasteiger charge is 2.14. The maximum absolute atomic E-state index is 11.5. The van der Waals surface area contributed by atoms with Crippen LogP contribution in [0.2, 0.25) is 0 Å². The second-order valence-corrected chi connectivity index (χ2v) is 4.11. The van der Waals surface area contributed by atoms with Gasteiger partial charge in [0.05, 0.1) is 5.70 Å². The van der Waals surface area contributed by atoms with Gasteiger partial charge in [0.2, 0.25) is 0 Å². The van der Waals surface area contributed by atoms with Crippen LogP contribution in [0.15, 0.2) is 11.3 Å². The Hall–Kier alpha value is -1.16. The number of likely N-dealkylation sites (N-methyl/N-ethyl adjacent to an activating group) is 2. The van der Waals surface area contributed by atoms with Gasteiger partial charge in [-0.15, -0.1) is 0 Å². The van der Waals surface area contributed by atoms with E-state index in [1.54, 1.807) is 0 Å². The van der Waals surface area contributed by atoms with Crippen LogP contribution in [0.3, 0.4) is 0 Å². The van der Waals surface area contributed by atoms with Gasteiger partial charge in [0, 0.05) is 24.7 Å². The molecule has 0 heterocycles. The Morgan fingerprint density at radius 2 is 2.00 bits per heavy atom. The minimum absolute atomic E-state index is 0.0597. The molecule has 0 saturated heterocycles. The largest absolute Gasteiger partial charge is 0.382 e. The summed E-state index contributed by atoms with van der Waals surface area (Å²) in [4.78, 5) is 24.4. The molecule has 0 aromatic rings. The first-order chi connectivity index (χ1) is 7.43. The Morgan fingerprint density at radius 1 is 1.44 bits per heavy atom. The molecule has 0 aliphatic heterocycles. The predicted octanol–water partition coefficient (Wildman–Crippen LogP) is 0.978. The van der Waals surface area contributed by atoms with Gasteiger partial charge in [-0.05, 0) is 34.7 Å². The number of rotatable bonds is 7. The quantitative estimate of drug-likeness (QED) is 0.519. The fourth-order valence-electron chi connectivity index (χ4n) is 1.23. The van der Waals surface area contributed by atoms with E-state index in [0.29, 0.717) is 36.7 Å². The second-order valence-electron chi connectivity index (χ2n) is 4.11. The minimum Gasteiger partial charge on any atom is -0.382 e. The third-order valence-corrected chi connectivity index (χ3v) is 2.52. The number of Topliss-reactive ketones (excluding diaryl/α,β-unsaturated/α-hetero) is 1. The van der Waals surface area contributed by atoms with Crippen molar-refractivity contribution in [1.82, 2.24) is 10.2 Å². The van der Waals surface area contributed by atoms with Gasteiger partial charge >= 0.3 is 0 Å². The molecule has 0 aromatic heterocycles. The molecule has 0 unspecified atom stereocenters. The van der Waals surface area contributed by atoms with Crippen molar-refractivity contribution in [2.45, 2.75) is 33.7 Å². The van der Waals surface area contributed by atoms with E-state index in [2.05, 4.69) is 5.32 Å². The molecule has 4 nitrogen and oxygen atoms in total. The SMILES string of the molecule is CCNC(C=O)=C(CN(C)C(C)C)C(C)=O. The van der Waals surface area contributed by atoms with Crippen LogP contribution in [-0.2, 0) is 9.59 Å². The van der Waals surface area contributed by atoms with Gasteiger partial charge < -0.3 is 5.32 Å². The normalized spacial score (nSPS) is 12.7. The van der Waals surface area contributed by atoms with Gasteiger partial charge in [0.25, 0.3) is 0 Å². The number of ketones is 1. The Labute approximate surface area is 97.7 Å². The summed E-state index contributed by atoms with van der Waals surface area (Å²) >= 11 is 0. The summed E-state index contributed by atoms with van der Waals surface area (Å²) in [5.41, 5.74) is 0.954. The van der Waals surface area contributed by atoms with Gasteiger partial charge in [-0.2, -0.15) is 0 Å². The Kier molecular flexibility index (Phi) is 6.65. The van der Waals surface area contributed by atoms with Crippen LogP contribution in [0.5, 0.6) is 0 Å².